The Morgan fingerprint density at radius 1 is 1.18 bits per heavy atom. The Bertz CT molecular complexity index is 330. The maximum absolute atomic E-state index is 10.3. The second kappa shape index (κ2) is 5.80. The van der Waals surface area contributed by atoms with Gasteiger partial charge in [-0.3, -0.25) is 4.79 Å². The zero-order valence-electron chi connectivity index (χ0n) is 11.9. The van der Waals surface area contributed by atoms with Crippen molar-refractivity contribution in [2.75, 3.05) is 0 Å². The molecule has 0 unspecified atom stereocenters. The van der Waals surface area contributed by atoms with Crippen LogP contribution in [0.25, 0.3) is 0 Å². The Morgan fingerprint density at radius 2 is 1.71 bits per heavy atom. The van der Waals surface area contributed by atoms with Crippen LogP contribution >= 0.6 is 0 Å². The molecule has 0 fully saturated rings. The first-order valence-corrected chi connectivity index (χ1v) is 5.68. The molecule has 0 atom stereocenters. The number of hydrogen-bond acceptors (Lipinski definition) is 3. The summed E-state index contributed by atoms with van der Waals surface area (Å²) >= 11 is 0. The number of aromatic nitrogens is 3. The van der Waals surface area contributed by atoms with Gasteiger partial charge < -0.3 is 5.32 Å². The highest BCUT2D eigenvalue weighted by Crippen LogP contribution is 2.09. The lowest BCUT2D eigenvalue weighted by atomic mass is 10.1. The van der Waals surface area contributed by atoms with E-state index in [9.17, 15) is 4.79 Å². The van der Waals surface area contributed by atoms with E-state index in [0.29, 0.717) is 0 Å². The normalized spacial score (nSPS) is 11.5. The van der Waals surface area contributed by atoms with E-state index in [1.807, 2.05) is 31.6 Å². The van der Waals surface area contributed by atoms with Crippen LogP contribution in [-0.4, -0.2) is 26.4 Å². The first-order chi connectivity index (χ1) is 7.52. The summed E-state index contributed by atoms with van der Waals surface area (Å²) in [6.45, 7) is 13.6. The first-order valence-electron chi connectivity index (χ1n) is 5.68. The van der Waals surface area contributed by atoms with Crippen molar-refractivity contribution in [3.8, 4) is 0 Å². The number of hydrogen-bond donors (Lipinski definition) is 1. The van der Waals surface area contributed by atoms with Crippen LogP contribution in [0.4, 0.5) is 0 Å². The van der Waals surface area contributed by atoms with E-state index < -0.39 is 0 Å². The number of carbonyl (C=O) groups is 1. The molecule has 0 aliphatic carbocycles. The van der Waals surface area contributed by atoms with Gasteiger partial charge in [0.05, 0.1) is 11.7 Å². The van der Waals surface area contributed by atoms with Crippen LogP contribution in [0.15, 0.2) is 12.4 Å². The maximum Gasteiger partial charge on any atom is 0.217 e. The average Bonchev–Trinajstić information content (AvgIpc) is 2.48. The van der Waals surface area contributed by atoms with Crippen LogP contribution in [-0.2, 0) is 10.3 Å². The Kier molecular flexibility index (Phi) is 5.32. The van der Waals surface area contributed by atoms with Gasteiger partial charge in [0.25, 0.3) is 0 Å². The molecule has 1 amide bonds. The summed E-state index contributed by atoms with van der Waals surface area (Å²) < 4.78 is 1.83. The van der Waals surface area contributed by atoms with Crippen molar-refractivity contribution in [3.63, 3.8) is 0 Å². The van der Waals surface area contributed by atoms with Crippen LogP contribution in [0.1, 0.15) is 48.5 Å². The summed E-state index contributed by atoms with van der Waals surface area (Å²) in [6, 6.07) is 0. The van der Waals surface area contributed by atoms with Gasteiger partial charge in [0, 0.05) is 18.7 Å². The lowest BCUT2D eigenvalue weighted by molar-refractivity contribution is -0.120. The summed E-state index contributed by atoms with van der Waals surface area (Å²) in [5, 5.41) is 10.3. The molecule has 0 aliphatic heterocycles. The molecule has 1 heterocycles. The van der Waals surface area contributed by atoms with E-state index in [2.05, 4.69) is 36.4 Å². The molecule has 1 rings (SSSR count). The second-order valence-corrected chi connectivity index (χ2v) is 5.95. The highest BCUT2D eigenvalue weighted by Gasteiger charge is 2.11. The Labute approximate surface area is 104 Å². The predicted molar refractivity (Wildman–Crippen MR) is 68.6 cm³/mol. The van der Waals surface area contributed by atoms with Crippen molar-refractivity contribution in [2.45, 2.75) is 59.5 Å². The lowest BCUT2D eigenvalue weighted by Gasteiger charge is -2.18. The fourth-order valence-electron chi connectivity index (χ4n) is 1.09. The zero-order valence-corrected chi connectivity index (χ0v) is 11.9. The van der Waals surface area contributed by atoms with Crippen molar-refractivity contribution in [2.24, 2.45) is 0 Å². The fraction of sp³-hybridized carbons (Fsp3) is 0.750. The summed E-state index contributed by atoms with van der Waals surface area (Å²) in [5.74, 6) is 0.0255. The van der Waals surface area contributed by atoms with Crippen molar-refractivity contribution in [3.05, 3.63) is 12.4 Å². The predicted octanol–water partition coefficient (Wildman–Crippen LogP) is 1.95. The van der Waals surface area contributed by atoms with Crippen LogP contribution < -0.4 is 5.32 Å². The lowest BCUT2D eigenvalue weighted by Crippen LogP contribution is -2.38. The van der Waals surface area contributed by atoms with Gasteiger partial charge >= 0.3 is 0 Å². The van der Waals surface area contributed by atoms with Crippen molar-refractivity contribution < 1.29 is 4.79 Å². The number of nitrogens with one attached hydrogen (secondary N) is 1. The minimum absolute atomic E-state index is 0.0255. The van der Waals surface area contributed by atoms with E-state index in [0.717, 1.165) is 0 Å². The molecule has 0 aromatic carbocycles. The second-order valence-electron chi connectivity index (χ2n) is 5.95. The SMILES string of the molecule is CC(=O)NC(C)(C)C.CC(C)(C)n1ccnn1. The third-order valence-corrected chi connectivity index (χ3v) is 1.66. The van der Waals surface area contributed by atoms with Gasteiger partial charge in [0.1, 0.15) is 0 Å². The molecule has 17 heavy (non-hydrogen) atoms. The Morgan fingerprint density at radius 3 is 1.82 bits per heavy atom. The molecule has 5 nitrogen and oxygen atoms in total. The van der Waals surface area contributed by atoms with Gasteiger partial charge in [0.15, 0.2) is 0 Å². The fourth-order valence-corrected chi connectivity index (χ4v) is 1.09. The Hall–Kier alpha value is -1.39. The van der Waals surface area contributed by atoms with Crippen molar-refractivity contribution in [1.29, 1.82) is 0 Å². The molecule has 0 radical (unpaired) electrons. The van der Waals surface area contributed by atoms with Gasteiger partial charge in [0.2, 0.25) is 5.91 Å². The van der Waals surface area contributed by atoms with Crippen LogP contribution in [0.3, 0.4) is 0 Å². The third-order valence-electron chi connectivity index (χ3n) is 1.66. The van der Waals surface area contributed by atoms with Crippen molar-refractivity contribution >= 4 is 5.91 Å². The molecule has 0 saturated carbocycles. The van der Waals surface area contributed by atoms with Gasteiger partial charge in [-0.2, -0.15) is 0 Å². The Balaban J connectivity index is 0.000000304. The standard InChI is InChI=1S/C6H11N3.C6H13NO/c1-6(2,3)9-5-4-7-8-9;1-5(8)7-6(2,3)4/h4-5H,1-3H3;1-4H3,(H,7,8). The maximum atomic E-state index is 10.3. The van der Waals surface area contributed by atoms with Crippen LogP contribution in [0, 0.1) is 0 Å². The summed E-state index contributed by atoms with van der Waals surface area (Å²) in [4.78, 5) is 10.3. The highest BCUT2D eigenvalue weighted by molar-refractivity contribution is 5.73. The number of nitrogens with zero attached hydrogens (tertiary/aromatic N) is 3. The molecular formula is C12H24N4O. The molecule has 1 N–H and O–H groups in total. The van der Waals surface area contributed by atoms with E-state index in [1.165, 1.54) is 6.92 Å². The number of rotatable bonds is 0. The van der Waals surface area contributed by atoms with Gasteiger partial charge in [-0.05, 0) is 41.5 Å². The van der Waals surface area contributed by atoms with Gasteiger partial charge in [-0.15, -0.1) is 5.10 Å². The van der Waals surface area contributed by atoms with E-state index >= 15 is 0 Å². The topological polar surface area (TPSA) is 59.8 Å². The highest BCUT2D eigenvalue weighted by atomic mass is 16.1. The minimum atomic E-state index is -0.0775. The van der Waals surface area contributed by atoms with E-state index in [1.54, 1.807) is 6.20 Å². The number of amides is 1. The minimum Gasteiger partial charge on any atom is -0.352 e. The van der Waals surface area contributed by atoms with Crippen LogP contribution in [0.5, 0.6) is 0 Å². The molecule has 98 valence electrons. The molecule has 0 bridgehead atoms. The summed E-state index contributed by atoms with van der Waals surface area (Å²) in [5.41, 5.74) is -0.0116. The van der Waals surface area contributed by atoms with Crippen LogP contribution in [0.2, 0.25) is 0 Å². The summed E-state index contributed by atoms with van der Waals surface area (Å²) in [7, 11) is 0. The smallest absolute Gasteiger partial charge is 0.217 e. The number of carbonyl (C=O) groups excluding carboxylic acids is 1. The van der Waals surface area contributed by atoms with Gasteiger partial charge in [-0.25, -0.2) is 4.68 Å². The molecular weight excluding hydrogens is 216 g/mol. The first kappa shape index (κ1) is 15.6. The molecule has 0 aliphatic rings. The van der Waals surface area contributed by atoms with Crippen molar-refractivity contribution in [1.82, 2.24) is 20.3 Å². The average molecular weight is 240 g/mol. The largest absolute Gasteiger partial charge is 0.352 e. The zero-order chi connectivity index (χ0) is 13.7. The monoisotopic (exact) mass is 240 g/mol. The van der Waals surface area contributed by atoms with E-state index in [4.69, 9.17) is 0 Å². The third kappa shape index (κ3) is 8.42. The summed E-state index contributed by atoms with van der Waals surface area (Å²) in [6.07, 6.45) is 3.55. The quantitative estimate of drug-likeness (QED) is 0.754. The molecule has 1 aromatic rings. The molecule has 0 saturated heterocycles. The molecule has 0 spiro atoms. The molecule has 1 aromatic heterocycles. The molecule has 5 heteroatoms. The van der Waals surface area contributed by atoms with E-state index in [-0.39, 0.29) is 17.0 Å². The van der Waals surface area contributed by atoms with Gasteiger partial charge in [-0.1, -0.05) is 5.21 Å².